The zero-order chi connectivity index (χ0) is 10.4. The second kappa shape index (κ2) is 5.84. The van der Waals surface area contributed by atoms with Gasteiger partial charge in [-0.15, -0.1) is 0 Å². The number of amides is 2. The minimum Gasteiger partial charge on any atom is -0.368 e. The summed E-state index contributed by atoms with van der Waals surface area (Å²) < 4.78 is 0. The fourth-order valence-electron chi connectivity index (χ4n) is 0.983. The van der Waals surface area contributed by atoms with Gasteiger partial charge in [0.15, 0.2) is 6.61 Å². The summed E-state index contributed by atoms with van der Waals surface area (Å²) in [4.78, 5) is 26.2. The average Bonchev–Trinajstić information content (AvgIpc) is 2.18. The lowest BCUT2D eigenvalue weighted by Gasteiger charge is -2.21. The van der Waals surface area contributed by atoms with Crippen LogP contribution in [0.25, 0.3) is 0 Å². The van der Waals surface area contributed by atoms with E-state index < -0.39 is 5.91 Å². The zero-order valence-electron chi connectivity index (χ0n) is 7.62. The van der Waals surface area contributed by atoms with Gasteiger partial charge in [-0.1, -0.05) is 0 Å². The van der Waals surface area contributed by atoms with Crippen LogP contribution in [-0.2, 0) is 14.4 Å². The van der Waals surface area contributed by atoms with E-state index in [1.807, 2.05) is 0 Å². The molecule has 2 amide bonds. The minimum absolute atomic E-state index is 0.248. The Balaban J connectivity index is 2.16. The third-order valence-electron chi connectivity index (χ3n) is 1.63. The van der Waals surface area contributed by atoms with Crippen LogP contribution in [0.4, 0.5) is 0 Å². The Morgan fingerprint density at radius 1 is 1.64 bits per heavy atom. The molecule has 0 saturated carbocycles. The summed E-state index contributed by atoms with van der Waals surface area (Å²) in [6.45, 7) is 0.504. The highest BCUT2D eigenvalue weighted by Gasteiger charge is 2.20. The van der Waals surface area contributed by atoms with Gasteiger partial charge in [-0.2, -0.15) is 11.8 Å². The number of thioether (sulfide) groups is 1. The molecule has 0 aromatic carbocycles. The normalized spacial score (nSPS) is 21.6. The van der Waals surface area contributed by atoms with Gasteiger partial charge in [0.25, 0.3) is 5.91 Å². The number of hydrogen-bond donors (Lipinski definition) is 3. The summed E-state index contributed by atoms with van der Waals surface area (Å²) in [5.41, 5.74) is 6.99. The molecular formula is C7H13N3O3S. The summed E-state index contributed by atoms with van der Waals surface area (Å²) in [6, 6.07) is -0.248. The fraction of sp³-hybridized carbons (Fsp3) is 0.714. The lowest BCUT2D eigenvalue weighted by molar-refractivity contribution is -0.139. The highest BCUT2D eigenvalue weighted by Crippen LogP contribution is 2.07. The molecule has 0 aliphatic carbocycles. The van der Waals surface area contributed by atoms with Gasteiger partial charge in [0.05, 0.1) is 6.04 Å². The molecule has 1 aliphatic heterocycles. The van der Waals surface area contributed by atoms with Crippen molar-refractivity contribution >= 4 is 23.6 Å². The van der Waals surface area contributed by atoms with Crippen LogP contribution in [0.2, 0.25) is 0 Å². The first-order chi connectivity index (χ1) is 6.70. The van der Waals surface area contributed by atoms with Gasteiger partial charge in [0.1, 0.15) is 0 Å². The summed E-state index contributed by atoms with van der Waals surface area (Å²) in [7, 11) is 0. The highest BCUT2D eigenvalue weighted by atomic mass is 32.2. The lowest BCUT2D eigenvalue weighted by Crippen LogP contribution is -2.49. The van der Waals surface area contributed by atoms with E-state index in [0.717, 1.165) is 12.3 Å². The molecule has 0 radical (unpaired) electrons. The molecular weight excluding hydrogens is 206 g/mol. The van der Waals surface area contributed by atoms with E-state index in [1.54, 1.807) is 11.8 Å². The number of rotatable bonds is 4. The first-order valence-corrected chi connectivity index (χ1v) is 5.36. The van der Waals surface area contributed by atoms with Crippen molar-refractivity contribution in [1.29, 1.82) is 0 Å². The monoisotopic (exact) mass is 219 g/mol. The van der Waals surface area contributed by atoms with E-state index in [2.05, 4.69) is 15.6 Å². The van der Waals surface area contributed by atoms with Crippen LogP contribution in [0, 0.1) is 0 Å². The highest BCUT2D eigenvalue weighted by molar-refractivity contribution is 7.99. The Labute approximate surface area is 85.9 Å². The number of carbonyl (C=O) groups excluding carboxylic acids is 2. The van der Waals surface area contributed by atoms with E-state index >= 15 is 0 Å². The standard InChI is InChI=1S/C7H13N3O3S/c8-6(11)3-13-10-7(12)5-4-14-2-1-9-5/h5,9H,1-4H2,(H2,8,11)(H,10,12). The summed E-state index contributed by atoms with van der Waals surface area (Å²) in [5.74, 6) is 0.840. The Hall–Kier alpha value is -0.790. The molecule has 7 heteroatoms. The van der Waals surface area contributed by atoms with Crippen molar-refractivity contribution in [2.24, 2.45) is 5.73 Å². The Morgan fingerprint density at radius 3 is 3.00 bits per heavy atom. The maximum Gasteiger partial charge on any atom is 0.261 e. The van der Waals surface area contributed by atoms with Crippen LogP contribution in [0.15, 0.2) is 0 Å². The Morgan fingerprint density at radius 2 is 2.43 bits per heavy atom. The molecule has 14 heavy (non-hydrogen) atoms. The average molecular weight is 219 g/mol. The molecule has 80 valence electrons. The van der Waals surface area contributed by atoms with E-state index in [1.165, 1.54) is 0 Å². The van der Waals surface area contributed by atoms with Gasteiger partial charge in [-0.3, -0.25) is 14.4 Å². The zero-order valence-corrected chi connectivity index (χ0v) is 8.43. The van der Waals surface area contributed by atoms with E-state index in [0.29, 0.717) is 5.75 Å². The number of hydroxylamine groups is 1. The largest absolute Gasteiger partial charge is 0.368 e. The SMILES string of the molecule is NC(=O)CONC(=O)C1CSCCN1. The van der Waals surface area contributed by atoms with Gasteiger partial charge in [-0.05, 0) is 0 Å². The smallest absolute Gasteiger partial charge is 0.261 e. The predicted octanol–water partition coefficient (Wildman–Crippen LogP) is -1.78. The molecule has 1 fully saturated rings. The molecule has 0 aromatic rings. The van der Waals surface area contributed by atoms with Gasteiger partial charge in [0, 0.05) is 18.1 Å². The van der Waals surface area contributed by atoms with Crippen molar-refractivity contribution in [3.8, 4) is 0 Å². The van der Waals surface area contributed by atoms with Crippen molar-refractivity contribution < 1.29 is 14.4 Å². The quantitative estimate of drug-likeness (QED) is 0.486. The summed E-state index contributed by atoms with van der Waals surface area (Å²) in [5, 5.41) is 3.03. The predicted molar refractivity (Wildman–Crippen MR) is 52.4 cm³/mol. The molecule has 1 unspecified atom stereocenters. The summed E-state index contributed by atoms with van der Waals surface area (Å²) >= 11 is 1.70. The van der Waals surface area contributed by atoms with Gasteiger partial charge >= 0.3 is 0 Å². The van der Waals surface area contributed by atoms with Gasteiger partial charge in [0.2, 0.25) is 5.91 Å². The van der Waals surface area contributed by atoms with Crippen molar-refractivity contribution in [1.82, 2.24) is 10.8 Å². The molecule has 1 atom stereocenters. The number of hydrogen-bond acceptors (Lipinski definition) is 5. The molecule has 0 spiro atoms. The van der Waals surface area contributed by atoms with E-state index in [9.17, 15) is 9.59 Å². The number of nitrogens with one attached hydrogen (secondary N) is 2. The molecule has 0 bridgehead atoms. The molecule has 6 nitrogen and oxygen atoms in total. The van der Waals surface area contributed by atoms with Crippen LogP contribution in [0.5, 0.6) is 0 Å². The van der Waals surface area contributed by atoms with Gasteiger partial charge < -0.3 is 11.1 Å². The van der Waals surface area contributed by atoms with Crippen LogP contribution in [-0.4, -0.2) is 42.5 Å². The van der Waals surface area contributed by atoms with Gasteiger partial charge in [-0.25, -0.2) is 5.48 Å². The Bertz CT molecular complexity index is 218. The van der Waals surface area contributed by atoms with Crippen molar-refractivity contribution in [3.05, 3.63) is 0 Å². The van der Waals surface area contributed by atoms with E-state index in [-0.39, 0.29) is 18.6 Å². The minimum atomic E-state index is -0.615. The van der Waals surface area contributed by atoms with E-state index in [4.69, 9.17) is 5.73 Å². The first kappa shape index (κ1) is 11.3. The number of carbonyl (C=O) groups is 2. The molecule has 1 heterocycles. The number of primary amides is 1. The maximum absolute atomic E-state index is 11.3. The second-order valence-electron chi connectivity index (χ2n) is 2.80. The first-order valence-electron chi connectivity index (χ1n) is 4.21. The number of nitrogens with two attached hydrogens (primary N) is 1. The molecule has 1 aliphatic rings. The van der Waals surface area contributed by atoms with Crippen LogP contribution in [0.3, 0.4) is 0 Å². The maximum atomic E-state index is 11.3. The Kier molecular flexibility index (Phi) is 4.71. The fourth-order valence-corrected chi connectivity index (χ4v) is 1.92. The molecule has 1 saturated heterocycles. The van der Waals surface area contributed by atoms with Crippen LogP contribution >= 0.6 is 11.8 Å². The van der Waals surface area contributed by atoms with Crippen molar-refractivity contribution in [2.45, 2.75) is 6.04 Å². The molecule has 1 rings (SSSR count). The third-order valence-corrected chi connectivity index (χ3v) is 2.69. The topological polar surface area (TPSA) is 93.5 Å². The lowest BCUT2D eigenvalue weighted by atomic mass is 10.3. The van der Waals surface area contributed by atoms with Crippen LogP contribution in [0.1, 0.15) is 0 Å². The molecule has 4 N–H and O–H groups in total. The third kappa shape index (κ3) is 3.95. The second-order valence-corrected chi connectivity index (χ2v) is 3.95. The summed E-state index contributed by atoms with van der Waals surface area (Å²) in [6.07, 6.45) is 0. The van der Waals surface area contributed by atoms with Crippen molar-refractivity contribution in [2.75, 3.05) is 24.7 Å². The van der Waals surface area contributed by atoms with Crippen molar-refractivity contribution in [3.63, 3.8) is 0 Å². The van der Waals surface area contributed by atoms with Crippen LogP contribution < -0.4 is 16.5 Å². The molecule has 0 aromatic heterocycles.